The molecule has 6 heteroatoms. The number of likely N-dealkylation sites (N-methyl/N-ethyl adjacent to an activating group) is 1. The fourth-order valence-electron chi connectivity index (χ4n) is 2.53. The van der Waals surface area contributed by atoms with Gasteiger partial charge < -0.3 is 14.9 Å². The molecule has 0 radical (unpaired) electrons. The van der Waals surface area contributed by atoms with Crippen LogP contribution in [0, 0.1) is 5.82 Å². The Kier molecular flexibility index (Phi) is 3.21. The lowest BCUT2D eigenvalue weighted by molar-refractivity contribution is 0.0696. The average molecular weight is 287 g/mol. The third kappa shape index (κ3) is 2.29. The number of rotatable bonds is 2. The van der Waals surface area contributed by atoms with Crippen molar-refractivity contribution in [3.8, 4) is 0 Å². The third-order valence-electron chi connectivity index (χ3n) is 3.56. The fourth-order valence-corrected chi connectivity index (χ4v) is 2.53. The number of halogens is 1. The molecule has 5 nitrogen and oxygen atoms in total. The largest absolute Gasteiger partial charge is 0.478 e. The molecule has 0 aliphatic carbocycles. The van der Waals surface area contributed by atoms with Crippen LogP contribution in [0.3, 0.4) is 0 Å². The lowest BCUT2D eigenvalue weighted by Gasteiger charge is -2.36. The zero-order valence-corrected chi connectivity index (χ0v) is 11.5. The van der Waals surface area contributed by atoms with Gasteiger partial charge >= 0.3 is 5.97 Å². The average Bonchev–Trinajstić information content (AvgIpc) is 2.48. The SMILES string of the molecule is CN1CCN(c2ncc(F)cc2C(=O)O)c2ccccc21. The molecule has 108 valence electrons. The van der Waals surface area contributed by atoms with E-state index in [1.54, 1.807) is 0 Å². The number of anilines is 3. The number of aromatic carboxylic acids is 1. The van der Waals surface area contributed by atoms with Gasteiger partial charge in [0.15, 0.2) is 0 Å². The van der Waals surface area contributed by atoms with Gasteiger partial charge in [-0.15, -0.1) is 0 Å². The molecule has 0 bridgehead atoms. The van der Waals surface area contributed by atoms with Crippen molar-refractivity contribution < 1.29 is 14.3 Å². The summed E-state index contributed by atoms with van der Waals surface area (Å²) >= 11 is 0. The Hall–Kier alpha value is -2.63. The van der Waals surface area contributed by atoms with Crippen LogP contribution in [0.2, 0.25) is 0 Å². The molecule has 2 heterocycles. The second-order valence-electron chi connectivity index (χ2n) is 4.89. The summed E-state index contributed by atoms with van der Waals surface area (Å²) in [5.41, 5.74) is 1.73. The van der Waals surface area contributed by atoms with E-state index >= 15 is 0 Å². The summed E-state index contributed by atoms with van der Waals surface area (Å²) in [6.07, 6.45) is 1.04. The quantitative estimate of drug-likeness (QED) is 0.919. The summed E-state index contributed by atoms with van der Waals surface area (Å²) in [4.78, 5) is 19.3. The Labute approximate surface area is 121 Å². The predicted octanol–water partition coefficient (Wildman–Crippen LogP) is 2.51. The summed E-state index contributed by atoms with van der Waals surface area (Å²) in [5.74, 6) is -1.57. The van der Waals surface area contributed by atoms with E-state index in [4.69, 9.17) is 0 Å². The zero-order chi connectivity index (χ0) is 15.0. The second-order valence-corrected chi connectivity index (χ2v) is 4.89. The van der Waals surface area contributed by atoms with Crippen LogP contribution >= 0.6 is 0 Å². The normalized spacial score (nSPS) is 14.0. The Morgan fingerprint density at radius 3 is 2.71 bits per heavy atom. The highest BCUT2D eigenvalue weighted by molar-refractivity contribution is 5.95. The van der Waals surface area contributed by atoms with Crippen molar-refractivity contribution in [1.29, 1.82) is 0 Å². The maximum atomic E-state index is 13.3. The van der Waals surface area contributed by atoms with Crippen LogP contribution in [-0.4, -0.2) is 36.2 Å². The van der Waals surface area contributed by atoms with Crippen LogP contribution in [0.5, 0.6) is 0 Å². The number of carboxylic acids is 1. The number of hydrogen-bond donors (Lipinski definition) is 1. The van der Waals surface area contributed by atoms with Gasteiger partial charge in [0.2, 0.25) is 0 Å². The van der Waals surface area contributed by atoms with Crippen molar-refractivity contribution >= 4 is 23.2 Å². The monoisotopic (exact) mass is 287 g/mol. The van der Waals surface area contributed by atoms with Gasteiger partial charge in [-0.2, -0.15) is 0 Å². The molecule has 1 aromatic heterocycles. The van der Waals surface area contributed by atoms with Gasteiger partial charge in [0, 0.05) is 20.1 Å². The molecular weight excluding hydrogens is 273 g/mol. The van der Waals surface area contributed by atoms with Crippen LogP contribution in [0.1, 0.15) is 10.4 Å². The van der Waals surface area contributed by atoms with Gasteiger partial charge in [-0.1, -0.05) is 12.1 Å². The molecule has 2 aromatic rings. The topological polar surface area (TPSA) is 56.7 Å². The lowest BCUT2D eigenvalue weighted by Crippen LogP contribution is -2.37. The smallest absolute Gasteiger partial charge is 0.339 e. The summed E-state index contributed by atoms with van der Waals surface area (Å²) < 4.78 is 13.3. The molecule has 1 aromatic carbocycles. The van der Waals surface area contributed by atoms with Gasteiger partial charge in [0.1, 0.15) is 17.2 Å². The number of benzene rings is 1. The van der Waals surface area contributed by atoms with Crippen molar-refractivity contribution in [3.05, 3.63) is 47.9 Å². The highest BCUT2D eigenvalue weighted by atomic mass is 19.1. The summed E-state index contributed by atoms with van der Waals surface area (Å²) in [6, 6.07) is 8.68. The van der Waals surface area contributed by atoms with Crippen LogP contribution in [0.4, 0.5) is 21.6 Å². The van der Waals surface area contributed by atoms with Crippen LogP contribution in [0.25, 0.3) is 0 Å². The van der Waals surface area contributed by atoms with Gasteiger partial charge in [0.25, 0.3) is 0 Å². The maximum absolute atomic E-state index is 13.3. The summed E-state index contributed by atoms with van der Waals surface area (Å²) in [5, 5.41) is 9.28. The summed E-state index contributed by atoms with van der Waals surface area (Å²) in [6.45, 7) is 1.32. The van der Waals surface area contributed by atoms with Crippen molar-refractivity contribution in [2.24, 2.45) is 0 Å². The van der Waals surface area contributed by atoms with E-state index in [1.807, 2.05) is 36.2 Å². The first-order valence-corrected chi connectivity index (χ1v) is 6.54. The van der Waals surface area contributed by atoms with E-state index < -0.39 is 11.8 Å². The molecule has 0 spiro atoms. The molecule has 0 saturated carbocycles. The molecule has 21 heavy (non-hydrogen) atoms. The molecular formula is C15H14FN3O2. The molecule has 0 unspecified atom stereocenters. The molecule has 3 rings (SSSR count). The second kappa shape index (κ2) is 5.05. The highest BCUT2D eigenvalue weighted by Crippen LogP contribution is 2.37. The molecule has 1 aliphatic rings. The van der Waals surface area contributed by atoms with E-state index in [1.165, 1.54) is 0 Å². The Balaban J connectivity index is 2.14. The van der Waals surface area contributed by atoms with E-state index in [9.17, 15) is 14.3 Å². The molecule has 0 amide bonds. The van der Waals surface area contributed by atoms with E-state index in [0.717, 1.165) is 30.2 Å². The number of carbonyl (C=O) groups is 1. The third-order valence-corrected chi connectivity index (χ3v) is 3.56. The van der Waals surface area contributed by atoms with Crippen molar-refractivity contribution in [2.75, 3.05) is 29.9 Å². The molecule has 0 saturated heterocycles. The van der Waals surface area contributed by atoms with Gasteiger partial charge in [0.05, 0.1) is 17.6 Å². The van der Waals surface area contributed by atoms with Crippen molar-refractivity contribution in [2.45, 2.75) is 0 Å². The fraction of sp³-hybridized carbons (Fsp3) is 0.200. The number of hydrogen-bond acceptors (Lipinski definition) is 4. The number of nitrogens with zero attached hydrogens (tertiary/aromatic N) is 3. The number of carboxylic acid groups (broad SMARTS) is 1. The lowest BCUT2D eigenvalue weighted by atomic mass is 10.1. The maximum Gasteiger partial charge on any atom is 0.339 e. The minimum atomic E-state index is -1.19. The minimum Gasteiger partial charge on any atom is -0.478 e. The van der Waals surface area contributed by atoms with Gasteiger partial charge in [-0.3, -0.25) is 0 Å². The zero-order valence-electron chi connectivity index (χ0n) is 11.5. The van der Waals surface area contributed by atoms with Crippen LogP contribution in [0.15, 0.2) is 36.5 Å². The van der Waals surface area contributed by atoms with Crippen molar-refractivity contribution in [1.82, 2.24) is 4.98 Å². The van der Waals surface area contributed by atoms with E-state index in [0.29, 0.717) is 6.54 Å². The first kappa shape index (κ1) is 13.4. The predicted molar refractivity (Wildman–Crippen MR) is 77.9 cm³/mol. The van der Waals surface area contributed by atoms with Crippen molar-refractivity contribution in [3.63, 3.8) is 0 Å². The first-order chi connectivity index (χ1) is 10.1. The molecule has 0 fully saturated rings. The number of pyridine rings is 1. The highest BCUT2D eigenvalue weighted by Gasteiger charge is 2.26. The van der Waals surface area contributed by atoms with E-state index in [-0.39, 0.29) is 11.4 Å². The number of fused-ring (bicyclic) bond motifs is 1. The number of aromatic nitrogens is 1. The molecule has 1 aliphatic heterocycles. The van der Waals surface area contributed by atoms with E-state index in [2.05, 4.69) is 9.88 Å². The molecule has 0 atom stereocenters. The summed E-state index contributed by atoms with van der Waals surface area (Å²) in [7, 11) is 1.98. The Bertz CT molecular complexity index is 705. The van der Waals surface area contributed by atoms with Gasteiger partial charge in [-0.05, 0) is 18.2 Å². The van der Waals surface area contributed by atoms with Crippen LogP contribution < -0.4 is 9.80 Å². The standard InChI is InChI=1S/C15H14FN3O2/c1-18-6-7-19(13-5-3-2-4-12(13)18)14-11(15(20)21)8-10(16)9-17-14/h2-5,8-9H,6-7H2,1H3,(H,20,21). The molecule has 1 N–H and O–H groups in total. The minimum absolute atomic E-state index is 0.130. The first-order valence-electron chi connectivity index (χ1n) is 6.54. The van der Waals surface area contributed by atoms with Gasteiger partial charge in [-0.25, -0.2) is 14.2 Å². The van der Waals surface area contributed by atoms with Crippen LogP contribution in [-0.2, 0) is 0 Å². The number of para-hydroxylation sites is 2. The Morgan fingerprint density at radius 2 is 2.00 bits per heavy atom. The Morgan fingerprint density at radius 1 is 1.29 bits per heavy atom.